The number of nitrogens with one attached hydrogen (secondary N) is 2. The maximum absolute atomic E-state index is 11.5. The lowest BCUT2D eigenvalue weighted by molar-refractivity contribution is 0.602. The molecular weight excluding hydrogens is 509 g/mol. The molecule has 3 aromatic carbocycles. The Labute approximate surface area is 195 Å². The molecule has 3 rings (SSSR count). The van der Waals surface area contributed by atoms with E-state index in [2.05, 4.69) is 52.9 Å². The van der Waals surface area contributed by atoms with Gasteiger partial charge in [-0.3, -0.25) is 4.99 Å². The van der Waals surface area contributed by atoms with Crippen LogP contribution in [0.5, 0.6) is 0 Å². The molecule has 3 aromatic rings. The third-order valence-electron chi connectivity index (χ3n) is 4.91. The molecule has 0 aliphatic rings. The number of aliphatic imine (C=N–C) groups is 1. The minimum Gasteiger partial charge on any atom is -0.356 e. The molecule has 0 heterocycles. The second kappa shape index (κ2) is 10.8. The molecule has 0 aliphatic heterocycles. The average molecular weight is 537 g/mol. The molecular formula is C23H28IN3O2S. The Bertz CT molecular complexity index is 1110. The Morgan fingerprint density at radius 2 is 1.67 bits per heavy atom. The number of nitrogens with zero attached hydrogens (tertiary/aromatic N) is 1. The third kappa shape index (κ3) is 6.43. The highest BCUT2D eigenvalue weighted by molar-refractivity contribution is 14.0. The molecule has 0 bridgehead atoms. The maximum atomic E-state index is 11.5. The van der Waals surface area contributed by atoms with Gasteiger partial charge in [-0.05, 0) is 53.4 Å². The van der Waals surface area contributed by atoms with Crippen molar-refractivity contribution in [1.29, 1.82) is 0 Å². The molecule has 1 unspecified atom stereocenters. The van der Waals surface area contributed by atoms with Gasteiger partial charge in [0.15, 0.2) is 15.8 Å². The number of benzene rings is 3. The quantitative estimate of drug-likeness (QED) is 0.279. The molecule has 7 heteroatoms. The van der Waals surface area contributed by atoms with Gasteiger partial charge in [-0.1, -0.05) is 48.5 Å². The molecule has 0 amide bonds. The molecule has 0 aliphatic carbocycles. The molecule has 0 saturated heterocycles. The van der Waals surface area contributed by atoms with Gasteiger partial charge >= 0.3 is 0 Å². The smallest absolute Gasteiger partial charge is 0.191 e. The number of hydrogen-bond donors (Lipinski definition) is 2. The van der Waals surface area contributed by atoms with Crippen molar-refractivity contribution >= 4 is 50.5 Å². The van der Waals surface area contributed by atoms with E-state index in [1.807, 2.05) is 24.3 Å². The van der Waals surface area contributed by atoms with Gasteiger partial charge in [-0.15, -0.1) is 24.0 Å². The van der Waals surface area contributed by atoms with Gasteiger partial charge in [0.2, 0.25) is 0 Å². The van der Waals surface area contributed by atoms with E-state index in [0.29, 0.717) is 11.4 Å². The summed E-state index contributed by atoms with van der Waals surface area (Å²) >= 11 is 0. The molecule has 0 aromatic heterocycles. The molecule has 0 spiro atoms. The van der Waals surface area contributed by atoms with E-state index in [1.54, 1.807) is 19.2 Å². The number of hydrogen-bond acceptors (Lipinski definition) is 3. The van der Waals surface area contributed by atoms with Gasteiger partial charge < -0.3 is 10.6 Å². The third-order valence-corrected chi connectivity index (χ3v) is 6.04. The van der Waals surface area contributed by atoms with Gasteiger partial charge in [-0.2, -0.15) is 0 Å². The predicted octanol–water partition coefficient (Wildman–Crippen LogP) is 4.33. The van der Waals surface area contributed by atoms with E-state index >= 15 is 0 Å². The van der Waals surface area contributed by atoms with Crippen molar-refractivity contribution in [1.82, 2.24) is 10.6 Å². The molecule has 160 valence electrons. The SMILES string of the molecule is CN=C(NCCc1ccc(S(C)(=O)=O)cc1)NC(C)c1ccc2ccccc2c1.I. The second-order valence-electron chi connectivity index (χ2n) is 7.14. The molecule has 1 atom stereocenters. The van der Waals surface area contributed by atoms with Crippen LogP contribution in [-0.2, 0) is 16.3 Å². The van der Waals surface area contributed by atoms with E-state index in [0.717, 1.165) is 17.9 Å². The number of sulfone groups is 1. The van der Waals surface area contributed by atoms with Crippen LogP contribution < -0.4 is 10.6 Å². The Kier molecular flexibility index (Phi) is 8.66. The zero-order valence-corrected chi connectivity index (χ0v) is 20.6. The van der Waals surface area contributed by atoms with Crippen LogP contribution in [0.25, 0.3) is 10.8 Å². The zero-order valence-electron chi connectivity index (χ0n) is 17.4. The van der Waals surface area contributed by atoms with Crippen LogP contribution in [0.3, 0.4) is 0 Å². The zero-order chi connectivity index (χ0) is 20.9. The van der Waals surface area contributed by atoms with Crippen LogP contribution in [0, 0.1) is 0 Å². The molecule has 30 heavy (non-hydrogen) atoms. The first-order valence-electron chi connectivity index (χ1n) is 9.62. The molecule has 0 radical (unpaired) electrons. The average Bonchev–Trinajstić information content (AvgIpc) is 2.72. The van der Waals surface area contributed by atoms with E-state index in [1.165, 1.54) is 22.6 Å². The predicted molar refractivity (Wildman–Crippen MR) is 136 cm³/mol. The normalized spacial score (nSPS) is 12.8. The van der Waals surface area contributed by atoms with Crippen molar-refractivity contribution in [2.75, 3.05) is 19.8 Å². The largest absolute Gasteiger partial charge is 0.356 e. The minimum absolute atomic E-state index is 0. The van der Waals surface area contributed by atoms with Crippen LogP contribution in [0.1, 0.15) is 24.1 Å². The molecule has 0 fully saturated rings. The highest BCUT2D eigenvalue weighted by Crippen LogP contribution is 2.20. The first-order valence-corrected chi connectivity index (χ1v) is 11.5. The lowest BCUT2D eigenvalue weighted by atomic mass is 10.0. The lowest BCUT2D eigenvalue weighted by Gasteiger charge is -2.19. The minimum atomic E-state index is -3.16. The van der Waals surface area contributed by atoms with Gasteiger partial charge in [0.25, 0.3) is 0 Å². The summed E-state index contributed by atoms with van der Waals surface area (Å²) in [6, 6.07) is 21.9. The van der Waals surface area contributed by atoms with Crippen molar-refractivity contribution in [3.8, 4) is 0 Å². The van der Waals surface area contributed by atoms with E-state index in [4.69, 9.17) is 0 Å². The van der Waals surface area contributed by atoms with Crippen LogP contribution in [-0.4, -0.2) is 34.2 Å². The Morgan fingerprint density at radius 1 is 1.00 bits per heavy atom. The molecule has 0 saturated carbocycles. The second-order valence-corrected chi connectivity index (χ2v) is 9.15. The van der Waals surface area contributed by atoms with E-state index < -0.39 is 9.84 Å². The fourth-order valence-electron chi connectivity index (χ4n) is 3.19. The Hall–Kier alpha value is -2.13. The number of guanidine groups is 1. The summed E-state index contributed by atoms with van der Waals surface area (Å²) in [4.78, 5) is 4.65. The fourth-order valence-corrected chi connectivity index (χ4v) is 3.82. The fraction of sp³-hybridized carbons (Fsp3) is 0.261. The first-order chi connectivity index (χ1) is 13.9. The maximum Gasteiger partial charge on any atom is 0.191 e. The number of fused-ring (bicyclic) bond motifs is 1. The summed E-state index contributed by atoms with van der Waals surface area (Å²) < 4.78 is 23.1. The van der Waals surface area contributed by atoms with E-state index in [9.17, 15) is 8.42 Å². The topological polar surface area (TPSA) is 70.6 Å². The van der Waals surface area contributed by atoms with Crippen molar-refractivity contribution < 1.29 is 8.42 Å². The summed E-state index contributed by atoms with van der Waals surface area (Å²) in [7, 11) is -1.40. The summed E-state index contributed by atoms with van der Waals surface area (Å²) in [6.45, 7) is 2.81. The van der Waals surface area contributed by atoms with Crippen LogP contribution in [0.4, 0.5) is 0 Å². The molecule has 5 nitrogen and oxygen atoms in total. The van der Waals surface area contributed by atoms with Crippen molar-refractivity contribution in [2.24, 2.45) is 4.99 Å². The summed E-state index contributed by atoms with van der Waals surface area (Å²) in [5.41, 5.74) is 2.27. The lowest BCUT2D eigenvalue weighted by Crippen LogP contribution is -2.39. The highest BCUT2D eigenvalue weighted by Gasteiger charge is 2.09. The van der Waals surface area contributed by atoms with Gasteiger partial charge in [0.05, 0.1) is 10.9 Å². The van der Waals surface area contributed by atoms with Crippen LogP contribution in [0.15, 0.2) is 76.6 Å². The molecule has 2 N–H and O–H groups in total. The van der Waals surface area contributed by atoms with Crippen molar-refractivity contribution in [3.63, 3.8) is 0 Å². The number of rotatable bonds is 6. The van der Waals surface area contributed by atoms with Crippen molar-refractivity contribution in [2.45, 2.75) is 24.3 Å². The Balaban J connectivity index is 0.00000320. The summed E-state index contributed by atoms with van der Waals surface area (Å²) in [6.07, 6.45) is 1.99. The van der Waals surface area contributed by atoms with Crippen molar-refractivity contribution in [3.05, 3.63) is 77.9 Å². The first kappa shape index (κ1) is 24.1. The Morgan fingerprint density at radius 3 is 2.30 bits per heavy atom. The van der Waals surface area contributed by atoms with Gasteiger partial charge in [0, 0.05) is 19.8 Å². The van der Waals surface area contributed by atoms with Crippen LogP contribution in [0.2, 0.25) is 0 Å². The standard InChI is InChI=1S/C23H27N3O2S.HI/c1-17(20-11-10-19-6-4-5-7-21(19)16-20)26-23(24-2)25-15-14-18-8-12-22(13-9-18)29(3,27)28;/h4-13,16-17H,14-15H2,1-3H3,(H2,24,25,26);1H. The monoisotopic (exact) mass is 537 g/mol. The van der Waals surface area contributed by atoms with Gasteiger partial charge in [-0.25, -0.2) is 8.42 Å². The van der Waals surface area contributed by atoms with E-state index in [-0.39, 0.29) is 30.0 Å². The van der Waals surface area contributed by atoms with Gasteiger partial charge in [0.1, 0.15) is 0 Å². The summed E-state index contributed by atoms with van der Waals surface area (Å²) in [5.74, 6) is 0.735. The van der Waals surface area contributed by atoms with Crippen LogP contribution >= 0.6 is 24.0 Å². The summed E-state index contributed by atoms with van der Waals surface area (Å²) in [5, 5.41) is 9.19. The number of halogens is 1. The highest BCUT2D eigenvalue weighted by atomic mass is 127.